The Morgan fingerprint density at radius 3 is 2.36 bits per heavy atom. The maximum atomic E-state index is 13.2. The van der Waals surface area contributed by atoms with E-state index in [4.69, 9.17) is 0 Å². The average molecular weight is 605 g/mol. The number of anilines is 2. The van der Waals surface area contributed by atoms with Gasteiger partial charge in [0.15, 0.2) is 0 Å². The van der Waals surface area contributed by atoms with Crippen LogP contribution in [0.25, 0.3) is 32.0 Å². The quantitative estimate of drug-likeness (QED) is 0.158. The maximum absolute atomic E-state index is 13.2. The van der Waals surface area contributed by atoms with Crippen LogP contribution >= 0.6 is 34.0 Å². The highest BCUT2D eigenvalue weighted by Gasteiger charge is 2.21. The van der Waals surface area contributed by atoms with E-state index in [9.17, 15) is 20.0 Å². The molecule has 2 amide bonds. The topological polar surface area (TPSA) is 115 Å². The number of benzene rings is 2. The molecule has 2 aromatic carbocycles. The number of carbonyl (C=O) groups excluding carboxylic acids is 2. The van der Waals surface area contributed by atoms with E-state index in [1.165, 1.54) is 34.8 Å². The first-order valence-electron chi connectivity index (χ1n) is 12.6. The largest absolute Gasteiger partial charge is 0.508 e. The molecule has 6 rings (SSSR count). The molecule has 0 saturated carbocycles. The Labute approximate surface area is 253 Å². The van der Waals surface area contributed by atoms with Crippen molar-refractivity contribution in [3.63, 3.8) is 0 Å². The van der Waals surface area contributed by atoms with E-state index >= 15 is 0 Å². The molecule has 0 fully saturated rings. The van der Waals surface area contributed by atoms with Crippen LogP contribution in [0.4, 0.5) is 11.4 Å². The summed E-state index contributed by atoms with van der Waals surface area (Å²) in [5.41, 5.74) is 4.97. The van der Waals surface area contributed by atoms with Crippen LogP contribution < -0.4 is 10.6 Å². The molecule has 0 spiro atoms. The van der Waals surface area contributed by atoms with Gasteiger partial charge in [-0.1, -0.05) is 6.07 Å². The van der Waals surface area contributed by atoms with Crippen LogP contribution in [-0.2, 0) is 0 Å². The van der Waals surface area contributed by atoms with E-state index in [1.807, 2.05) is 41.1 Å². The molecule has 6 aromatic rings. The van der Waals surface area contributed by atoms with Crippen molar-refractivity contribution >= 4 is 57.2 Å². The Morgan fingerprint density at radius 2 is 1.62 bits per heavy atom. The second-order valence-corrected chi connectivity index (χ2v) is 12.0. The number of aromatic nitrogens is 1. The lowest BCUT2D eigenvalue weighted by molar-refractivity contribution is 0.102. The van der Waals surface area contributed by atoms with Crippen molar-refractivity contribution in [2.75, 3.05) is 10.6 Å². The molecule has 4 heterocycles. The van der Waals surface area contributed by atoms with Crippen molar-refractivity contribution in [3.05, 3.63) is 117 Å². The number of rotatable bonds is 7. The lowest BCUT2D eigenvalue weighted by Crippen LogP contribution is -2.10. The number of nitriles is 1. The third-order valence-electron chi connectivity index (χ3n) is 6.33. The number of aromatic hydroxyl groups is 1. The number of nitrogens with one attached hydrogen (secondary N) is 2. The number of phenols is 1. The molecule has 204 valence electrons. The van der Waals surface area contributed by atoms with E-state index in [-0.39, 0.29) is 17.6 Å². The zero-order valence-corrected chi connectivity index (χ0v) is 24.1. The summed E-state index contributed by atoms with van der Waals surface area (Å²) in [6.07, 6.45) is 3.23. The molecule has 0 aliphatic rings. The smallest absolute Gasteiger partial charge is 0.265 e. The summed E-state index contributed by atoms with van der Waals surface area (Å²) in [5, 5.41) is 29.2. The minimum Gasteiger partial charge on any atom is -0.508 e. The van der Waals surface area contributed by atoms with Gasteiger partial charge in [0.1, 0.15) is 5.75 Å². The van der Waals surface area contributed by atoms with Crippen LogP contribution in [0.5, 0.6) is 5.75 Å². The number of thiophene rings is 3. The molecule has 42 heavy (non-hydrogen) atoms. The van der Waals surface area contributed by atoms with E-state index < -0.39 is 0 Å². The Balaban J connectivity index is 1.35. The Morgan fingerprint density at radius 1 is 0.810 bits per heavy atom. The lowest BCUT2D eigenvalue weighted by atomic mass is 9.96. The monoisotopic (exact) mass is 604 g/mol. The Hall–Kier alpha value is -5.08. The second-order valence-electron chi connectivity index (χ2n) is 9.10. The van der Waals surface area contributed by atoms with E-state index in [1.54, 1.807) is 60.1 Å². The van der Waals surface area contributed by atoms with Crippen molar-refractivity contribution in [2.45, 2.75) is 0 Å². The highest BCUT2D eigenvalue weighted by molar-refractivity contribution is 7.18. The van der Waals surface area contributed by atoms with Gasteiger partial charge in [-0.15, -0.1) is 22.7 Å². The lowest BCUT2D eigenvalue weighted by Gasteiger charge is -2.08. The van der Waals surface area contributed by atoms with Gasteiger partial charge in [-0.2, -0.15) is 16.6 Å². The van der Waals surface area contributed by atoms with Gasteiger partial charge in [0.05, 0.1) is 33.3 Å². The fourth-order valence-corrected chi connectivity index (χ4v) is 6.99. The van der Waals surface area contributed by atoms with Gasteiger partial charge in [-0.25, -0.2) is 0 Å². The summed E-state index contributed by atoms with van der Waals surface area (Å²) >= 11 is 4.27. The maximum Gasteiger partial charge on any atom is 0.265 e. The van der Waals surface area contributed by atoms with E-state index in [0.29, 0.717) is 32.3 Å². The first kappa shape index (κ1) is 27.1. The zero-order valence-electron chi connectivity index (χ0n) is 21.7. The normalized spacial score (nSPS) is 10.6. The van der Waals surface area contributed by atoms with Crippen molar-refractivity contribution in [2.24, 2.45) is 0 Å². The molecule has 3 N–H and O–H groups in total. The van der Waals surface area contributed by atoms with Crippen LogP contribution in [-0.4, -0.2) is 21.9 Å². The third kappa shape index (κ3) is 5.70. The van der Waals surface area contributed by atoms with Crippen LogP contribution in [0.2, 0.25) is 0 Å². The summed E-state index contributed by atoms with van der Waals surface area (Å²) in [5.74, 6) is -0.391. The van der Waals surface area contributed by atoms with Gasteiger partial charge in [0, 0.05) is 38.3 Å². The minimum absolute atomic E-state index is 0.122. The molecule has 0 unspecified atom stereocenters. The van der Waals surface area contributed by atoms with Crippen LogP contribution in [0.15, 0.2) is 102 Å². The SMILES string of the molecule is N#Cc1ccc(-c2ccc(C(=O)Nc3ccc(O)cc3)s2)cc1-c1cc(C(=O)Nc2cccnc2)sc1-c1ccsc1. The van der Waals surface area contributed by atoms with Gasteiger partial charge < -0.3 is 15.7 Å². The molecule has 0 aliphatic carbocycles. The van der Waals surface area contributed by atoms with Crippen LogP contribution in [0.3, 0.4) is 0 Å². The van der Waals surface area contributed by atoms with Crippen molar-refractivity contribution < 1.29 is 14.7 Å². The van der Waals surface area contributed by atoms with Gasteiger partial charge in [-0.3, -0.25) is 14.6 Å². The molecule has 0 saturated heterocycles. The number of pyridine rings is 1. The van der Waals surface area contributed by atoms with Crippen molar-refractivity contribution in [1.82, 2.24) is 4.98 Å². The van der Waals surface area contributed by atoms with E-state index in [2.05, 4.69) is 21.7 Å². The standard InChI is InChI=1S/C32H20N4O3S3/c33-16-20-4-3-19(27-9-10-28(41-27)31(38)35-22-5-7-24(37)8-6-22)14-25(20)26-15-29(42-30(26)21-11-13-40-18-21)32(39)36-23-2-1-12-34-17-23/h1-15,17-18,37H,(H,35,38)(H,36,39). The summed E-state index contributed by atoms with van der Waals surface area (Å²) < 4.78 is 0. The molecule has 10 heteroatoms. The highest BCUT2D eigenvalue weighted by Crippen LogP contribution is 2.43. The van der Waals surface area contributed by atoms with Gasteiger partial charge in [-0.05, 0) is 89.1 Å². The van der Waals surface area contributed by atoms with Crippen LogP contribution in [0.1, 0.15) is 24.9 Å². The van der Waals surface area contributed by atoms with E-state index in [0.717, 1.165) is 26.4 Å². The number of hydrogen-bond acceptors (Lipinski definition) is 8. The summed E-state index contributed by atoms with van der Waals surface area (Å²) in [6, 6.07) is 25.1. The predicted molar refractivity (Wildman–Crippen MR) is 169 cm³/mol. The highest BCUT2D eigenvalue weighted by atomic mass is 32.1. The zero-order chi connectivity index (χ0) is 29.1. The fraction of sp³-hybridized carbons (Fsp3) is 0. The first-order valence-corrected chi connectivity index (χ1v) is 15.2. The number of amides is 2. The van der Waals surface area contributed by atoms with Gasteiger partial charge in [0.2, 0.25) is 0 Å². The molecular formula is C32H20N4O3S3. The number of carbonyl (C=O) groups is 2. The second kappa shape index (κ2) is 11.8. The molecule has 0 aliphatic heterocycles. The predicted octanol–water partition coefficient (Wildman–Crippen LogP) is 8.35. The van der Waals surface area contributed by atoms with Crippen LogP contribution in [0, 0.1) is 11.3 Å². The molecule has 4 aromatic heterocycles. The molecular weight excluding hydrogens is 585 g/mol. The van der Waals surface area contributed by atoms with Crippen molar-refractivity contribution in [1.29, 1.82) is 5.26 Å². The number of hydrogen-bond donors (Lipinski definition) is 3. The minimum atomic E-state index is -0.257. The average Bonchev–Trinajstić information content (AvgIpc) is 3.80. The molecule has 7 nitrogen and oxygen atoms in total. The summed E-state index contributed by atoms with van der Waals surface area (Å²) in [6.45, 7) is 0. The number of phenolic OH excluding ortho intramolecular Hbond substituents is 1. The first-order chi connectivity index (χ1) is 20.5. The molecule has 0 bridgehead atoms. The Bertz CT molecular complexity index is 1940. The van der Waals surface area contributed by atoms with Gasteiger partial charge >= 0.3 is 0 Å². The van der Waals surface area contributed by atoms with Crippen molar-refractivity contribution in [3.8, 4) is 43.8 Å². The summed E-state index contributed by atoms with van der Waals surface area (Å²) in [4.78, 5) is 32.9. The number of nitrogens with zero attached hydrogens (tertiary/aromatic N) is 2. The third-order valence-corrected chi connectivity index (χ3v) is 9.33. The molecule has 0 atom stereocenters. The summed E-state index contributed by atoms with van der Waals surface area (Å²) in [7, 11) is 0. The fourth-order valence-electron chi connectivity index (χ4n) is 4.31. The molecule has 0 radical (unpaired) electrons. The Kier molecular flexibility index (Phi) is 7.62. The van der Waals surface area contributed by atoms with Gasteiger partial charge in [0.25, 0.3) is 11.8 Å².